The van der Waals surface area contributed by atoms with Crippen molar-refractivity contribution in [2.45, 2.75) is 31.8 Å². The zero-order valence-electron chi connectivity index (χ0n) is 10.8. The molecule has 0 spiro atoms. The van der Waals surface area contributed by atoms with Crippen molar-refractivity contribution >= 4 is 23.1 Å². The van der Waals surface area contributed by atoms with Gasteiger partial charge in [-0.3, -0.25) is 10.1 Å². The first-order valence-corrected chi connectivity index (χ1v) is 6.49. The van der Waals surface area contributed by atoms with Crippen LogP contribution < -0.4 is 5.32 Å². The third kappa shape index (κ3) is 3.30. The number of nitrogens with one attached hydrogen (secondary N) is 1. The Morgan fingerprint density at radius 1 is 1.63 bits per heavy atom. The molecule has 8 heteroatoms. The van der Waals surface area contributed by atoms with Gasteiger partial charge in [0.1, 0.15) is 6.20 Å². The topological polar surface area (TPSA) is 84.2 Å². The molecule has 0 radical (unpaired) electrons. The van der Waals surface area contributed by atoms with Gasteiger partial charge in [0.05, 0.1) is 4.92 Å². The van der Waals surface area contributed by atoms with Crippen LogP contribution in [-0.4, -0.2) is 45.5 Å². The van der Waals surface area contributed by atoms with Gasteiger partial charge in [-0.1, -0.05) is 0 Å². The minimum absolute atomic E-state index is 0.00840. The van der Waals surface area contributed by atoms with Crippen LogP contribution in [0.5, 0.6) is 0 Å². The predicted molar refractivity (Wildman–Crippen MR) is 72.4 cm³/mol. The van der Waals surface area contributed by atoms with E-state index in [-0.39, 0.29) is 22.8 Å². The van der Waals surface area contributed by atoms with Crippen LogP contribution in [0.3, 0.4) is 0 Å². The maximum Gasteiger partial charge on any atom is 0.329 e. The van der Waals surface area contributed by atoms with Gasteiger partial charge in [-0.2, -0.15) is 4.98 Å². The van der Waals surface area contributed by atoms with E-state index in [2.05, 4.69) is 34.2 Å². The summed E-state index contributed by atoms with van der Waals surface area (Å²) in [6.45, 7) is 3.08. The highest BCUT2D eigenvalue weighted by atomic mass is 35.5. The maximum atomic E-state index is 10.9. The second-order valence-corrected chi connectivity index (χ2v) is 5.16. The molecule has 7 nitrogen and oxygen atoms in total. The first-order chi connectivity index (χ1) is 8.97. The van der Waals surface area contributed by atoms with E-state index in [1.807, 2.05) is 0 Å². The summed E-state index contributed by atoms with van der Waals surface area (Å²) < 4.78 is 0. The Kier molecular flexibility index (Phi) is 4.16. The maximum absolute atomic E-state index is 10.9. The van der Waals surface area contributed by atoms with E-state index in [0.29, 0.717) is 6.04 Å². The minimum atomic E-state index is -0.503. The zero-order valence-corrected chi connectivity index (χ0v) is 11.6. The van der Waals surface area contributed by atoms with Gasteiger partial charge in [0.2, 0.25) is 11.1 Å². The van der Waals surface area contributed by atoms with E-state index in [1.165, 1.54) is 0 Å². The van der Waals surface area contributed by atoms with Crippen molar-refractivity contribution in [1.82, 2.24) is 14.9 Å². The average molecular weight is 286 g/mol. The number of hydrogen-bond acceptors (Lipinski definition) is 6. The van der Waals surface area contributed by atoms with Crippen LogP contribution >= 0.6 is 11.6 Å². The SMILES string of the molecule is CC1CC(Nc2nc(Cl)ncc2[N+](=O)[O-])CCN1C. The summed E-state index contributed by atoms with van der Waals surface area (Å²) in [5, 5.41) is 14.1. The minimum Gasteiger partial charge on any atom is -0.361 e. The van der Waals surface area contributed by atoms with Crippen molar-refractivity contribution in [3.05, 3.63) is 21.6 Å². The third-order valence-electron chi connectivity index (χ3n) is 3.49. The van der Waals surface area contributed by atoms with Crippen molar-refractivity contribution in [3.63, 3.8) is 0 Å². The summed E-state index contributed by atoms with van der Waals surface area (Å²) in [6.07, 6.45) is 2.96. The van der Waals surface area contributed by atoms with Crippen LogP contribution in [0.25, 0.3) is 0 Å². The molecular weight excluding hydrogens is 270 g/mol. The molecule has 1 N–H and O–H groups in total. The van der Waals surface area contributed by atoms with Crippen LogP contribution in [0, 0.1) is 10.1 Å². The number of aromatic nitrogens is 2. The zero-order chi connectivity index (χ0) is 14.0. The number of nitrogens with zero attached hydrogens (tertiary/aromatic N) is 4. The lowest BCUT2D eigenvalue weighted by Gasteiger charge is -2.35. The van der Waals surface area contributed by atoms with Crippen molar-refractivity contribution in [2.75, 3.05) is 18.9 Å². The lowest BCUT2D eigenvalue weighted by atomic mass is 9.99. The number of piperidine rings is 1. The van der Waals surface area contributed by atoms with Crippen LogP contribution in [0.2, 0.25) is 5.28 Å². The normalized spacial score (nSPS) is 24.2. The quantitative estimate of drug-likeness (QED) is 0.519. The highest BCUT2D eigenvalue weighted by Crippen LogP contribution is 2.26. The Hall–Kier alpha value is -1.47. The molecule has 2 rings (SSSR count). The van der Waals surface area contributed by atoms with E-state index < -0.39 is 4.92 Å². The van der Waals surface area contributed by atoms with Gasteiger partial charge in [-0.15, -0.1) is 0 Å². The van der Waals surface area contributed by atoms with Crippen LogP contribution in [0.4, 0.5) is 11.5 Å². The molecule has 1 aromatic heterocycles. The Labute approximate surface area is 116 Å². The van der Waals surface area contributed by atoms with Crippen LogP contribution in [-0.2, 0) is 0 Å². The van der Waals surface area contributed by atoms with E-state index in [0.717, 1.165) is 25.6 Å². The van der Waals surface area contributed by atoms with Gasteiger partial charge in [-0.05, 0) is 38.4 Å². The Bertz CT molecular complexity index is 484. The smallest absolute Gasteiger partial charge is 0.329 e. The molecular formula is C11H16ClN5O2. The number of nitro groups is 1. The van der Waals surface area contributed by atoms with Crippen LogP contribution in [0.1, 0.15) is 19.8 Å². The molecule has 0 bridgehead atoms. The molecule has 0 aromatic carbocycles. The van der Waals surface area contributed by atoms with E-state index in [9.17, 15) is 10.1 Å². The molecule has 104 valence electrons. The summed E-state index contributed by atoms with van der Waals surface area (Å²) >= 11 is 5.70. The number of hydrogen-bond donors (Lipinski definition) is 1. The Morgan fingerprint density at radius 2 is 2.37 bits per heavy atom. The van der Waals surface area contributed by atoms with Gasteiger partial charge >= 0.3 is 5.69 Å². The second-order valence-electron chi connectivity index (χ2n) is 4.83. The van der Waals surface area contributed by atoms with E-state index >= 15 is 0 Å². The summed E-state index contributed by atoms with van der Waals surface area (Å²) in [5.74, 6) is 0.201. The largest absolute Gasteiger partial charge is 0.361 e. The summed E-state index contributed by atoms with van der Waals surface area (Å²) in [4.78, 5) is 20.3. The van der Waals surface area contributed by atoms with Crippen molar-refractivity contribution in [1.29, 1.82) is 0 Å². The number of anilines is 1. The standard InChI is InChI=1S/C11H16ClN5O2/c1-7-5-8(3-4-16(7)2)14-10-9(17(18)19)6-13-11(12)15-10/h6-8H,3-5H2,1-2H3,(H,13,14,15). The molecule has 2 atom stereocenters. The first-order valence-electron chi connectivity index (χ1n) is 6.11. The lowest BCUT2D eigenvalue weighted by Crippen LogP contribution is -2.42. The fourth-order valence-corrected chi connectivity index (χ4v) is 2.34. The number of rotatable bonds is 3. The predicted octanol–water partition coefficient (Wildman–Crippen LogP) is 1.93. The van der Waals surface area contributed by atoms with Gasteiger partial charge in [-0.25, -0.2) is 4.98 Å². The number of halogens is 1. The molecule has 19 heavy (non-hydrogen) atoms. The van der Waals surface area contributed by atoms with Gasteiger partial charge in [0.15, 0.2) is 0 Å². The molecule has 1 aliphatic heterocycles. The van der Waals surface area contributed by atoms with Gasteiger partial charge < -0.3 is 10.2 Å². The Balaban J connectivity index is 2.14. The first kappa shape index (κ1) is 14.0. The molecule has 0 saturated carbocycles. The number of likely N-dealkylation sites (tertiary alicyclic amines) is 1. The molecule has 1 aromatic rings. The fourth-order valence-electron chi connectivity index (χ4n) is 2.21. The fraction of sp³-hybridized carbons (Fsp3) is 0.636. The molecule has 1 aliphatic rings. The molecule has 2 heterocycles. The summed E-state index contributed by atoms with van der Waals surface area (Å²) in [6, 6.07) is 0.596. The average Bonchev–Trinajstić information content (AvgIpc) is 2.33. The molecule has 2 unspecified atom stereocenters. The summed E-state index contributed by atoms with van der Waals surface area (Å²) in [5.41, 5.74) is -0.143. The molecule has 1 saturated heterocycles. The third-order valence-corrected chi connectivity index (χ3v) is 3.67. The highest BCUT2D eigenvalue weighted by Gasteiger charge is 2.26. The second kappa shape index (κ2) is 5.66. The highest BCUT2D eigenvalue weighted by molar-refractivity contribution is 6.28. The molecule has 0 aliphatic carbocycles. The monoisotopic (exact) mass is 285 g/mol. The van der Waals surface area contributed by atoms with Gasteiger partial charge in [0.25, 0.3) is 0 Å². The van der Waals surface area contributed by atoms with E-state index in [1.54, 1.807) is 0 Å². The lowest BCUT2D eigenvalue weighted by molar-refractivity contribution is -0.384. The Morgan fingerprint density at radius 3 is 3.00 bits per heavy atom. The summed E-state index contributed by atoms with van der Waals surface area (Å²) in [7, 11) is 2.07. The van der Waals surface area contributed by atoms with Crippen molar-refractivity contribution < 1.29 is 4.92 Å². The van der Waals surface area contributed by atoms with Crippen LogP contribution in [0.15, 0.2) is 6.20 Å². The van der Waals surface area contributed by atoms with E-state index in [4.69, 9.17) is 11.6 Å². The van der Waals surface area contributed by atoms with Crippen molar-refractivity contribution in [2.24, 2.45) is 0 Å². The molecule has 1 fully saturated rings. The van der Waals surface area contributed by atoms with Gasteiger partial charge in [0, 0.05) is 18.6 Å². The molecule has 0 amide bonds. The van der Waals surface area contributed by atoms with Crippen molar-refractivity contribution in [3.8, 4) is 0 Å².